The third kappa shape index (κ3) is 3.53. The molecule has 0 aromatic heterocycles. The zero-order chi connectivity index (χ0) is 19.0. The second-order valence-electron chi connectivity index (χ2n) is 7.22. The predicted octanol–water partition coefficient (Wildman–Crippen LogP) is 5.37. The molecule has 142 valence electrons. The minimum atomic E-state index is -4.24. The summed E-state index contributed by atoms with van der Waals surface area (Å²) in [6.45, 7) is 0. The molecule has 0 radical (unpaired) electrons. The van der Waals surface area contributed by atoms with Crippen molar-refractivity contribution in [1.82, 2.24) is 5.32 Å². The molecule has 3 nitrogen and oxygen atoms in total. The van der Waals surface area contributed by atoms with Gasteiger partial charge in [0.05, 0.1) is 12.0 Å². The van der Waals surface area contributed by atoms with Crippen molar-refractivity contribution in [2.75, 3.05) is 0 Å². The molecule has 1 saturated carbocycles. The first kappa shape index (κ1) is 17.9. The van der Waals surface area contributed by atoms with Gasteiger partial charge >= 0.3 is 6.18 Å². The molecule has 2 aliphatic rings. The Morgan fingerprint density at radius 2 is 1.56 bits per heavy atom. The van der Waals surface area contributed by atoms with Crippen LogP contribution in [0.5, 0.6) is 11.5 Å². The number of rotatable bonds is 2. The van der Waals surface area contributed by atoms with Gasteiger partial charge in [0.25, 0.3) is 0 Å². The van der Waals surface area contributed by atoms with Crippen molar-refractivity contribution in [3.8, 4) is 11.5 Å². The molecular formula is C21H20F3NO2. The largest absolute Gasteiger partial charge is 0.457 e. The Balaban J connectivity index is 1.58. The molecule has 1 heterocycles. The van der Waals surface area contributed by atoms with Gasteiger partial charge in [-0.3, -0.25) is 4.79 Å². The van der Waals surface area contributed by atoms with Crippen molar-refractivity contribution in [1.29, 1.82) is 0 Å². The van der Waals surface area contributed by atoms with Gasteiger partial charge < -0.3 is 10.1 Å². The van der Waals surface area contributed by atoms with Crippen molar-refractivity contribution in [3.63, 3.8) is 0 Å². The first-order chi connectivity index (χ1) is 12.9. The van der Waals surface area contributed by atoms with Gasteiger partial charge in [0.15, 0.2) is 0 Å². The van der Waals surface area contributed by atoms with Crippen molar-refractivity contribution in [2.45, 2.75) is 37.9 Å². The normalized spacial score (nSPS) is 22.3. The summed E-state index contributed by atoms with van der Waals surface area (Å²) < 4.78 is 45.1. The van der Waals surface area contributed by atoms with Crippen LogP contribution in [0.15, 0.2) is 48.5 Å². The van der Waals surface area contributed by atoms with E-state index in [1.165, 1.54) is 0 Å². The lowest BCUT2D eigenvalue weighted by Crippen LogP contribution is -2.39. The summed E-state index contributed by atoms with van der Waals surface area (Å²) in [5, 5.41) is 2.99. The zero-order valence-corrected chi connectivity index (χ0v) is 14.6. The second-order valence-corrected chi connectivity index (χ2v) is 7.22. The lowest BCUT2D eigenvalue weighted by Gasteiger charge is -2.33. The molecule has 2 aromatic rings. The first-order valence-electron chi connectivity index (χ1n) is 9.16. The molecule has 6 heteroatoms. The number of carbonyl (C=O) groups excluding carboxylic acids is 1. The molecule has 4 rings (SSSR count). The van der Waals surface area contributed by atoms with Crippen molar-refractivity contribution < 1.29 is 22.7 Å². The molecule has 0 bridgehead atoms. The van der Waals surface area contributed by atoms with Crippen LogP contribution in [-0.4, -0.2) is 12.1 Å². The van der Waals surface area contributed by atoms with E-state index in [4.69, 9.17) is 4.74 Å². The molecule has 2 unspecified atom stereocenters. The van der Waals surface area contributed by atoms with E-state index in [9.17, 15) is 18.0 Å². The summed E-state index contributed by atoms with van der Waals surface area (Å²) in [5.74, 6) is -1.03. The van der Waals surface area contributed by atoms with Crippen molar-refractivity contribution >= 4 is 5.91 Å². The van der Waals surface area contributed by atoms with E-state index in [0.717, 1.165) is 11.1 Å². The maximum absolute atomic E-state index is 13.1. The van der Waals surface area contributed by atoms with Crippen LogP contribution in [0.3, 0.4) is 0 Å². The molecule has 27 heavy (non-hydrogen) atoms. The van der Waals surface area contributed by atoms with E-state index >= 15 is 0 Å². The van der Waals surface area contributed by atoms with Gasteiger partial charge in [0.1, 0.15) is 11.5 Å². The summed E-state index contributed by atoms with van der Waals surface area (Å²) in [4.78, 5) is 12.8. The van der Waals surface area contributed by atoms with Crippen LogP contribution in [0.1, 0.15) is 42.9 Å². The van der Waals surface area contributed by atoms with E-state index in [0.29, 0.717) is 24.3 Å². The molecule has 1 aliphatic heterocycles. The Labute approximate surface area is 155 Å². The Kier molecular flexibility index (Phi) is 4.58. The Bertz CT molecular complexity index is 804. The fourth-order valence-corrected chi connectivity index (χ4v) is 4.05. The minimum Gasteiger partial charge on any atom is -0.457 e. The van der Waals surface area contributed by atoms with E-state index in [1.807, 2.05) is 48.5 Å². The lowest BCUT2D eigenvalue weighted by atomic mass is 9.80. The number of ether oxygens (including phenoxy) is 1. The molecule has 1 fully saturated rings. The molecular weight excluding hydrogens is 355 g/mol. The standard InChI is InChI=1S/C21H20F3NO2/c22-21(23,24)14-7-5-6-13(12-14)20(26)25-19-15-8-1-3-10-17(15)27-18-11-4-2-9-16(18)19/h1-4,8-11,13-14,19H,5-7,12H2,(H,25,26). The highest BCUT2D eigenvalue weighted by molar-refractivity contribution is 5.80. The highest BCUT2D eigenvalue weighted by Crippen LogP contribution is 2.44. The quantitative estimate of drug-likeness (QED) is 0.767. The van der Waals surface area contributed by atoms with E-state index in [-0.39, 0.29) is 18.7 Å². The maximum atomic E-state index is 13.1. The third-order valence-electron chi connectivity index (χ3n) is 5.47. The smallest absolute Gasteiger partial charge is 0.391 e. The number of amides is 1. The topological polar surface area (TPSA) is 38.3 Å². The number of nitrogens with one attached hydrogen (secondary N) is 1. The Morgan fingerprint density at radius 1 is 0.963 bits per heavy atom. The van der Waals surface area contributed by atoms with Crippen LogP contribution in [-0.2, 0) is 4.79 Å². The van der Waals surface area contributed by atoms with Crippen LogP contribution in [0.2, 0.25) is 0 Å². The molecule has 0 saturated heterocycles. The monoisotopic (exact) mass is 375 g/mol. The van der Waals surface area contributed by atoms with Crippen LogP contribution in [0.4, 0.5) is 13.2 Å². The number of hydrogen-bond acceptors (Lipinski definition) is 2. The van der Waals surface area contributed by atoms with Crippen LogP contribution < -0.4 is 10.1 Å². The van der Waals surface area contributed by atoms with Crippen LogP contribution >= 0.6 is 0 Å². The summed E-state index contributed by atoms with van der Waals surface area (Å²) in [7, 11) is 0. The molecule has 2 atom stereocenters. The van der Waals surface area contributed by atoms with E-state index in [2.05, 4.69) is 5.32 Å². The van der Waals surface area contributed by atoms with Gasteiger partial charge in [-0.1, -0.05) is 42.8 Å². The fraction of sp³-hybridized carbons (Fsp3) is 0.381. The van der Waals surface area contributed by atoms with Gasteiger partial charge in [-0.25, -0.2) is 0 Å². The first-order valence-corrected chi connectivity index (χ1v) is 9.16. The SMILES string of the molecule is O=C(NC1c2ccccc2Oc2ccccc21)C1CCCC(C(F)(F)F)C1. The molecule has 1 N–H and O–H groups in total. The number of alkyl halides is 3. The average molecular weight is 375 g/mol. The summed E-state index contributed by atoms with van der Waals surface area (Å²) >= 11 is 0. The summed E-state index contributed by atoms with van der Waals surface area (Å²) in [6.07, 6.45) is -3.36. The van der Waals surface area contributed by atoms with Crippen LogP contribution in [0, 0.1) is 11.8 Å². The number of halogens is 3. The van der Waals surface area contributed by atoms with Gasteiger partial charge in [-0.2, -0.15) is 13.2 Å². The molecule has 0 spiro atoms. The maximum Gasteiger partial charge on any atom is 0.391 e. The predicted molar refractivity (Wildman–Crippen MR) is 94.4 cm³/mol. The van der Waals surface area contributed by atoms with Gasteiger partial charge in [0.2, 0.25) is 5.91 Å². The van der Waals surface area contributed by atoms with E-state index in [1.54, 1.807) is 0 Å². The molecule has 2 aromatic carbocycles. The highest BCUT2D eigenvalue weighted by atomic mass is 19.4. The summed E-state index contributed by atoms with van der Waals surface area (Å²) in [5.41, 5.74) is 1.63. The number of benzene rings is 2. The minimum absolute atomic E-state index is 0.107. The van der Waals surface area contributed by atoms with Gasteiger partial charge in [0, 0.05) is 17.0 Å². The summed E-state index contributed by atoms with van der Waals surface area (Å²) in [6, 6.07) is 14.4. The third-order valence-corrected chi connectivity index (χ3v) is 5.47. The second kappa shape index (κ2) is 6.91. The van der Waals surface area contributed by atoms with Crippen molar-refractivity contribution in [3.05, 3.63) is 59.7 Å². The Hall–Kier alpha value is -2.50. The van der Waals surface area contributed by atoms with Gasteiger partial charge in [-0.05, 0) is 31.4 Å². The number of fused-ring (bicyclic) bond motifs is 2. The lowest BCUT2D eigenvalue weighted by molar-refractivity contribution is -0.186. The zero-order valence-electron chi connectivity index (χ0n) is 14.6. The number of hydrogen-bond donors (Lipinski definition) is 1. The number of carbonyl (C=O) groups is 1. The van der Waals surface area contributed by atoms with Crippen LogP contribution in [0.25, 0.3) is 0 Å². The van der Waals surface area contributed by atoms with Crippen molar-refractivity contribution in [2.24, 2.45) is 11.8 Å². The number of para-hydroxylation sites is 2. The van der Waals surface area contributed by atoms with Gasteiger partial charge in [-0.15, -0.1) is 0 Å². The highest BCUT2D eigenvalue weighted by Gasteiger charge is 2.44. The Morgan fingerprint density at radius 3 is 2.15 bits per heavy atom. The van der Waals surface area contributed by atoms with E-state index < -0.39 is 24.1 Å². The molecule has 1 aliphatic carbocycles. The molecule has 1 amide bonds. The fourth-order valence-electron chi connectivity index (χ4n) is 4.05. The average Bonchev–Trinajstić information content (AvgIpc) is 2.67.